The first-order valence-electron chi connectivity index (χ1n) is 9.98. The zero-order valence-corrected chi connectivity index (χ0v) is 18.0. The molecule has 0 atom stereocenters. The number of carbonyl (C=O) groups excluding carboxylic acids is 1. The summed E-state index contributed by atoms with van der Waals surface area (Å²) in [6, 6.07) is 9.57. The van der Waals surface area contributed by atoms with Gasteiger partial charge < -0.3 is 9.64 Å². The number of likely N-dealkylation sites (tertiary alicyclic amines) is 1. The second kappa shape index (κ2) is 8.66. The molecule has 1 aliphatic carbocycles. The molecule has 1 saturated heterocycles. The van der Waals surface area contributed by atoms with Crippen LogP contribution in [0.1, 0.15) is 30.5 Å². The van der Waals surface area contributed by atoms with Crippen molar-refractivity contribution in [3.05, 3.63) is 59.0 Å². The molecule has 1 amide bonds. The minimum atomic E-state index is -0.316. The van der Waals surface area contributed by atoms with Gasteiger partial charge in [0.05, 0.1) is 16.9 Å². The van der Waals surface area contributed by atoms with Crippen LogP contribution < -0.4 is 4.74 Å². The maximum absolute atomic E-state index is 12.9. The van der Waals surface area contributed by atoms with E-state index in [9.17, 15) is 4.79 Å². The number of fused-ring (bicyclic) bond motifs is 3. The summed E-state index contributed by atoms with van der Waals surface area (Å²) in [5.74, 6) is 0.463. The van der Waals surface area contributed by atoms with E-state index in [2.05, 4.69) is 4.98 Å². The van der Waals surface area contributed by atoms with E-state index in [4.69, 9.17) is 21.4 Å². The summed E-state index contributed by atoms with van der Waals surface area (Å²) in [5, 5.41) is 5.51. The lowest BCUT2D eigenvalue weighted by atomic mass is 9.90. The number of aromatic nitrogens is 3. The van der Waals surface area contributed by atoms with E-state index in [0.717, 1.165) is 73.3 Å². The zero-order chi connectivity index (χ0) is 19.8. The predicted molar refractivity (Wildman–Crippen MR) is 118 cm³/mol. The highest BCUT2D eigenvalue weighted by Gasteiger charge is 2.30. The van der Waals surface area contributed by atoms with Gasteiger partial charge in [-0.15, -0.1) is 12.4 Å². The fraction of sp³-hybridized carbons (Fsp3) is 0.318. The first-order valence-corrected chi connectivity index (χ1v) is 10.4. The van der Waals surface area contributed by atoms with Crippen molar-refractivity contribution < 1.29 is 9.53 Å². The largest absolute Gasteiger partial charge is 0.416 e. The molecule has 3 aromatic rings. The molecule has 2 aliphatic rings. The summed E-state index contributed by atoms with van der Waals surface area (Å²) < 4.78 is 7.72. The highest BCUT2D eigenvalue weighted by atomic mass is 35.5. The van der Waals surface area contributed by atoms with Gasteiger partial charge in [-0.3, -0.25) is 4.98 Å². The van der Waals surface area contributed by atoms with Crippen LogP contribution in [0.2, 0.25) is 5.02 Å². The van der Waals surface area contributed by atoms with Crippen LogP contribution in [-0.2, 0) is 12.8 Å². The summed E-state index contributed by atoms with van der Waals surface area (Å²) in [6.07, 6.45) is 7.91. The maximum Gasteiger partial charge on any atom is 0.416 e. The topological polar surface area (TPSA) is 60.2 Å². The van der Waals surface area contributed by atoms with Gasteiger partial charge >= 0.3 is 6.09 Å². The van der Waals surface area contributed by atoms with Gasteiger partial charge in [0, 0.05) is 30.5 Å². The number of benzene rings is 1. The third kappa shape index (κ3) is 3.77. The van der Waals surface area contributed by atoms with Crippen molar-refractivity contribution >= 4 is 30.1 Å². The monoisotopic (exact) mass is 444 g/mol. The molecule has 0 saturated carbocycles. The van der Waals surface area contributed by atoms with Crippen LogP contribution in [0.3, 0.4) is 0 Å². The Labute approximate surface area is 186 Å². The van der Waals surface area contributed by atoms with Crippen LogP contribution >= 0.6 is 24.0 Å². The second-order valence-electron chi connectivity index (χ2n) is 7.46. The Morgan fingerprint density at radius 2 is 1.80 bits per heavy atom. The van der Waals surface area contributed by atoms with Crippen LogP contribution in [0, 0.1) is 0 Å². The van der Waals surface area contributed by atoms with Crippen molar-refractivity contribution in [1.82, 2.24) is 19.7 Å². The van der Waals surface area contributed by atoms with E-state index in [1.165, 1.54) is 0 Å². The van der Waals surface area contributed by atoms with Gasteiger partial charge in [0.25, 0.3) is 0 Å². The smallest absolute Gasteiger partial charge is 0.390 e. The van der Waals surface area contributed by atoms with Crippen LogP contribution in [0.15, 0.2) is 42.7 Å². The van der Waals surface area contributed by atoms with E-state index >= 15 is 0 Å². The van der Waals surface area contributed by atoms with Crippen molar-refractivity contribution in [3.8, 4) is 22.7 Å². The number of hydrogen-bond donors (Lipinski definition) is 0. The minimum Gasteiger partial charge on any atom is -0.390 e. The normalized spacial score (nSPS) is 15.0. The first kappa shape index (κ1) is 20.7. The number of rotatable bonds is 2. The highest BCUT2D eigenvalue weighted by molar-refractivity contribution is 6.30. The predicted octanol–water partition coefficient (Wildman–Crippen LogP) is 5.09. The summed E-state index contributed by atoms with van der Waals surface area (Å²) in [5.41, 5.74) is 4.79. The highest BCUT2D eigenvalue weighted by Crippen LogP contribution is 2.42. The second-order valence-corrected chi connectivity index (χ2v) is 7.90. The molecule has 0 bridgehead atoms. The quantitative estimate of drug-likeness (QED) is 0.551. The number of piperidine rings is 1. The van der Waals surface area contributed by atoms with E-state index in [-0.39, 0.29) is 18.5 Å². The third-order valence-corrected chi connectivity index (χ3v) is 5.82. The molecule has 6 nitrogen and oxygen atoms in total. The maximum atomic E-state index is 12.9. The molecule has 1 aromatic carbocycles. The fourth-order valence-electron chi connectivity index (χ4n) is 4.14. The van der Waals surface area contributed by atoms with Crippen molar-refractivity contribution in [2.75, 3.05) is 13.1 Å². The molecule has 8 heteroatoms. The van der Waals surface area contributed by atoms with Crippen LogP contribution in [-0.4, -0.2) is 38.8 Å². The average molecular weight is 445 g/mol. The Hall–Kier alpha value is -2.57. The summed E-state index contributed by atoms with van der Waals surface area (Å²) in [7, 11) is 0. The zero-order valence-electron chi connectivity index (χ0n) is 16.4. The number of carbonyl (C=O) groups is 1. The molecule has 1 aliphatic heterocycles. The van der Waals surface area contributed by atoms with Gasteiger partial charge in [-0.25, -0.2) is 4.79 Å². The van der Waals surface area contributed by atoms with Gasteiger partial charge in [-0.2, -0.15) is 9.78 Å². The Balaban J connectivity index is 0.00000218. The number of ether oxygens (including phenoxy) is 1. The molecule has 5 rings (SSSR count). The number of hydrogen-bond acceptors (Lipinski definition) is 4. The van der Waals surface area contributed by atoms with Gasteiger partial charge in [0.1, 0.15) is 0 Å². The fourth-order valence-corrected chi connectivity index (χ4v) is 4.33. The third-order valence-electron chi connectivity index (χ3n) is 5.59. The van der Waals surface area contributed by atoms with Gasteiger partial charge in [-0.1, -0.05) is 17.7 Å². The molecule has 0 radical (unpaired) electrons. The molecular weight excluding hydrogens is 423 g/mol. The lowest BCUT2D eigenvalue weighted by molar-refractivity contribution is 0.140. The van der Waals surface area contributed by atoms with Crippen molar-refractivity contribution in [1.29, 1.82) is 0 Å². The van der Waals surface area contributed by atoms with Gasteiger partial charge in [0.15, 0.2) is 0 Å². The lowest BCUT2D eigenvalue weighted by Gasteiger charge is -2.26. The Bertz CT molecular complexity index is 1060. The molecule has 0 spiro atoms. The Morgan fingerprint density at radius 3 is 2.57 bits per heavy atom. The lowest BCUT2D eigenvalue weighted by Crippen LogP contribution is -2.38. The van der Waals surface area contributed by atoms with E-state index in [0.29, 0.717) is 10.9 Å². The van der Waals surface area contributed by atoms with Crippen molar-refractivity contribution in [3.63, 3.8) is 0 Å². The molecule has 0 unspecified atom stereocenters. The molecule has 2 aromatic heterocycles. The Kier molecular flexibility index (Phi) is 5.97. The van der Waals surface area contributed by atoms with E-state index in [1.807, 2.05) is 30.3 Å². The standard InChI is InChI=1S/C22H21ClN4O2.ClH/c23-16-5-6-18-15(14-16)4-7-19-20(18)21(27(25-19)17-8-10-24-11-9-17)29-22(28)26-12-2-1-3-13-26;/h5-6,8-11,14H,1-4,7,12-13H2;1H. The van der Waals surface area contributed by atoms with Gasteiger partial charge in [0.2, 0.25) is 5.88 Å². The molecule has 30 heavy (non-hydrogen) atoms. The number of nitrogens with zero attached hydrogens (tertiary/aromatic N) is 4. The van der Waals surface area contributed by atoms with Crippen LogP contribution in [0.5, 0.6) is 5.88 Å². The summed E-state index contributed by atoms with van der Waals surface area (Å²) >= 11 is 6.21. The number of amides is 1. The summed E-state index contributed by atoms with van der Waals surface area (Å²) in [4.78, 5) is 18.8. The molecule has 1 fully saturated rings. The number of halogens is 2. The minimum absolute atomic E-state index is 0. The van der Waals surface area contributed by atoms with E-state index < -0.39 is 0 Å². The summed E-state index contributed by atoms with van der Waals surface area (Å²) in [6.45, 7) is 1.47. The first-order chi connectivity index (χ1) is 14.2. The van der Waals surface area contributed by atoms with Crippen molar-refractivity contribution in [2.45, 2.75) is 32.1 Å². The SMILES string of the molecule is Cl.O=C(Oc1c2c(nn1-c1ccncc1)CCc1cc(Cl)ccc1-2)N1CCCCC1. The molecule has 3 heterocycles. The number of pyridine rings is 1. The number of aryl methyl sites for hydroxylation is 2. The van der Waals surface area contributed by atoms with E-state index in [1.54, 1.807) is 22.0 Å². The molecule has 0 N–H and O–H groups in total. The molecule has 156 valence electrons. The average Bonchev–Trinajstić information content (AvgIpc) is 3.13. The van der Waals surface area contributed by atoms with Crippen LogP contribution in [0.4, 0.5) is 4.79 Å². The Morgan fingerprint density at radius 1 is 1.03 bits per heavy atom. The van der Waals surface area contributed by atoms with Crippen molar-refractivity contribution in [2.24, 2.45) is 0 Å². The van der Waals surface area contributed by atoms with Crippen LogP contribution in [0.25, 0.3) is 16.8 Å². The molecular formula is C22H22Cl2N4O2. The van der Waals surface area contributed by atoms with Gasteiger partial charge in [-0.05, 0) is 67.5 Å².